The van der Waals surface area contributed by atoms with Crippen molar-refractivity contribution in [2.24, 2.45) is 0 Å². The molecular formula is C15H18F2N2O. The second kappa shape index (κ2) is 4.82. The van der Waals surface area contributed by atoms with E-state index in [4.69, 9.17) is 0 Å². The van der Waals surface area contributed by atoms with E-state index in [1.807, 2.05) is 6.92 Å². The minimum atomic E-state index is -0.629. The number of likely N-dealkylation sites (tertiary alicyclic amines) is 1. The van der Waals surface area contributed by atoms with Gasteiger partial charge in [-0.1, -0.05) is 0 Å². The number of aromatic nitrogens is 1. The molecule has 1 aliphatic rings. The van der Waals surface area contributed by atoms with Gasteiger partial charge in [-0.15, -0.1) is 0 Å². The Morgan fingerprint density at radius 1 is 1.20 bits per heavy atom. The molecule has 0 amide bonds. The molecule has 1 aromatic heterocycles. The number of β-amino-alcohol motifs (C(OH)–C–C–N with tert-alkyl or cyclic N) is 1. The van der Waals surface area contributed by atoms with E-state index in [0.717, 1.165) is 31.6 Å². The van der Waals surface area contributed by atoms with Crippen LogP contribution in [0.1, 0.15) is 13.3 Å². The highest BCUT2D eigenvalue weighted by Gasteiger charge is 2.30. The Balaban J connectivity index is 1.77. The molecule has 0 aliphatic carbocycles. The van der Waals surface area contributed by atoms with Crippen molar-refractivity contribution in [3.63, 3.8) is 0 Å². The standard InChI is InChI=1S/C15H18F2N2O/c1-15(20)5-7-18(10-15)8-9-19-6-4-11-12(16)2-3-13(17)14(11)19/h2-4,6,20H,5,7-10H2,1H3. The summed E-state index contributed by atoms with van der Waals surface area (Å²) in [5, 5.41) is 10.2. The third-order valence-corrected chi connectivity index (χ3v) is 4.01. The van der Waals surface area contributed by atoms with Gasteiger partial charge in [0.25, 0.3) is 0 Å². The number of halogens is 2. The Labute approximate surface area is 116 Å². The van der Waals surface area contributed by atoms with Crippen molar-refractivity contribution in [2.45, 2.75) is 25.5 Å². The minimum absolute atomic E-state index is 0.316. The molecule has 3 nitrogen and oxygen atoms in total. The average molecular weight is 280 g/mol. The van der Waals surface area contributed by atoms with Crippen LogP contribution in [0.2, 0.25) is 0 Å². The van der Waals surface area contributed by atoms with Gasteiger partial charge in [0.2, 0.25) is 0 Å². The molecule has 108 valence electrons. The molecule has 1 atom stereocenters. The monoisotopic (exact) mass is 280 g/mol. The molecule has 3 rings (SSSR count). The van der Waals surface area contributed by atoms with E-state index in [9.17, 15) is 13.9 Å². The van der Waals surface area contributed by atoms with Crippen molar-refractivity contribution in [2.75, 3.05) is 19.6 Å². The number of rotatable bonds is 3. The molecule has 1 saturated heterocycles. The van der Waals surface area contributed by atoms with E-state index in [-0.39, 0.29) is 0 Å². The number of fused-ring (bicyclic) bond motifs is 1. The summed E-state index contributed by atoms with van der Waals surface area (Å²) in [6, 6.07) is 3.92. The average Bonchev–Trinajstić information content (AvgIpc) is 2.96. The van der Waals surface area contributed by atoms with E-state index in [2.05, 4.69) is 4.90 Å². The van der Waals surface area contributed by atoms with Gasteiger partial charge < -0.3 is 9.67 Å². The molecule has 1 fully saturated rings. The van der Waals surface area contributed by atoms with Crippen LogP contribution in [0.3, 0.4) is 0 Å². The highest BCUT2D eigenvalue weighted by atomic mass is 19.1. The van der Waals surface area contributed by atoms with Crippen LogP contribution in [0.25, 0.3) is 10.9 Å². The molecule has 2 aromatic rings. The van der Waals surface area contributed by atoms with Crippen LogP contribution in [0.5, 0.6) is 0 Å². The van der Waals surface area contributed by atoms with Gasteiger partial charge in [0, 0.05) is 37.8 Å². The van der Waals surface area contributed by atoms with Crippen LogP contribution in [0, 0.1) is 11.6 Å². The van der Waals surface area contributed by atoms with Crippen molar-refractivity contribution >= 4 is 10.9 Å². The van der Waals surface area contributed by atoms with Crippen LogP contribution in [-0.2, 0) is 6.54 Å². The molecule has 0 bridgehead atoms. The zero-order chi connectivity index (χ0) is 14.3. The van der Waals surface area contributed by atoms with Crippen molar-refractivity contribution in [1.82, 2.24) is 9.47 Å². The van der Waals surface area contributed by atoms with Crippen molar-refractivity contribution in [3.8, 4) is 0 Å². The summed E-state index contributed by atoms with van der Waals surface area (Å²) in [7, 11) is 0. The third-order valence-electron chi connectivity index (χ3n) is 4.01. The molecule has 1 aromatic carbocycles. The second-order valence-corrected chi connectivity index (χ2v) is 5.82. The molecular weight excluding hydrogens is 262 g/mol. The fraction of sp³-hybridized carbons (Fsp3) is 0.467. The molecule has 0 saturated carbocycles. The van der Waals surface area contributed by atoms with E-state index >= 15 is 0 Å². The van der Waals surface area contributed by atoms with Gasteiger partial charge in [-0.25, -0.2) is 8.78 Å². The van der Waals surface area contributed by atoms with Crippen molar-refractivity contribution in [1.29, 1.82) is 0 Å². The van der Waals surface area contributed by atoms with Crippen LogP contribution >= 0.6 is 0 Å². The largest absolute Gasteiger partial charge is 0.389 e. The molecule has 0 spiro atoms. The maximum Gasteiger partial charge on any atom is 0.147 e. The summed E-state index contributed by atoms with van der Waals surface area (Å²) >= 11 is 0. The van der Waals surface area contributed by atoms with E-state index in [0.29, 0.717) is 24.0 Å². The zero-order valence-electron chi connectivity index (χ0n) is 11.4. The zero-order valence-corrected chi connectivity index (χ0v) is 11.4. The van der Waals surface area contributed by atoms with Crippen LogP contribution in [0.4, 0.5) is 8.78 Å². The first-order chi connectivity index (χ1) is 9.46. The maximum absolute atomic E-state index is 13.8. The van der Waals surface area contributed by atoms with E-state index in [1.165, 1.54) is 0 Å². The maximum atomic E-state index is 13.8. The summed E-state index contributed by atoms with van der Waals surface area (Å²) in [6.45, 7) is 4.59. The summed E-state index contributed by atoms with van der Waals surface area (Å²) in [6.07, 6.45) is 2.47. The molecule has 1 unspecified atom stereocenters. The number of hydrogen-bond donors (Lipinski definition) is 1. The number of benzene rings is 1. The normalized spacial score (nSPS) is 23.8. The topological polar surface area (TPSA) is 28.4 Å². The lowest BCUT2D eigenvalue weighted by atomic mass is 10.1. The van der Waals surface area contributed by atoms with Gasteiger partial charge in [0.05, 0.1) is 11.1 Å². The van der Waals surface area contributed by atoms with Gasteiger partial charge in [-0.3, -0.25) is 4.90 Å². The van der Waals surface area contributed by atoms with Gasteiger partial charge in [0.1, 0.15) is 11.6 Å². The fourth-order valence-electron chi connectivity index (χ4n) is 2.91. The van der Waals surface area contributed by atoms with Crippen LogP contribution in [0.15, 0.2) is 24.4 Å². The molecule has 1 N–H and O–H groups in total. The molecule has 20 heavy (non-hydrogen) atoms. The smallest absolute Gasteiger partial charge is 0.147 e. The number of hydrogen-bond acceptors (Lipinski definition) is 2. The highest BCUT2D eigenvalue weighted by molar-refractivity contribution is 5.81. The Bertz CT molecular complexity index is 636. The first-order valence-corrected chi connectivity index (χ1v) is 6.84. The molecule has 5 heteroatoms. The fourth-order valence-corrected chi connectivity index (χ4v) is 2.91. The lowest BCUT2D eigenvalue weighted by Gasteiger charge is -2.19. The second-order valence-electron chi connectivity index (χ2n) is 5.82. The van der Waals surface area contributed by atoms with Gasteiger partial charge in [-0.05, 0) is 31.5 Å². The van der Waals surface area contributed by atoms with Crippen molar-refractivity contribution < 1.29 is 13.9 Å². The van der Waals surface area contributed by atoms with Gasteiger partial charge >= 0.3 is 0 Å². The van der Waals surface area contributed by atoms with Crippen molar-refractivity contribution in [3.05, 3.63) is 36.0 Å². The highest BCUT2D eigenvalue weighted by Crippen LogP contribution is 2.23. The third kappa shape index (κ3) is 2.43. The number of nitrogens with zero attached hydrogens (tertiary/aromatic N) is 2. The first-order valence-electron chi connectivity index (χ1n) is 6.84. The molecule has 2 heterocycles. The quantitative estimate of drug-likeness (QED) is 0.935. The Morgan fingerprint density at radius 3 is 2.65 bits per heavy atom. The summed E-state index contributed by atoms with van der Waals surface area (Å²) < 4.78 is 29.2. The van der Waals surface area contributed by atoms with E-state index < -0.39 is 17.2 Å². The summed E-state index contributed by atoms with van der Waals surface area (Å²) in [5.41, 5.74) is -0.313. The first kappa shape index (κ1) is 13.5. The summed E-state index contributed by atoms with van der Waals surface area (Å²) in [4.78, 5) is 2.14. The lowest BCUT2D eigenvalue weighted by molar-refractivity contribution is 0.0684. The number of aliphatic hydroxyl groups is 1. The van der Waals surface area contributed by atoms with Crippen LogP contribution in [-0.4, -0.2) is 39.8 Å². The van der Waals surface area contributed by atoms with Gasteiger partial charge in [0.15, 0.2) is 0 Å². The molecule has 1 aliphatic heterocycles. The Hall–Kier alpha value is -1.46. The molecule has 0 radical (unpaired) electrons. The SMILES string of the molecule is CC1(O)CCN(CCn2ccc3c(F)ccc(F)c32)C1. The van der Waals surface area contributed by atoms with Gasteiger partial charge in [-0.2, -0.15) is 0 Å². The Morgan fingerprint density at radius 2 is 1.95 bits per heavy atom. The Kier molecular flexibility index (Phi) is 3.26. The lowest BCUT2D eigenvalue weighted by Crippen LogP contribution is -2.31. The summed E-state index contributed by atoms with van der Waals surface area (Å²) in [5.74, 6) is -0.802. The predicted octanol–water partition coefficient (Wildman–Crippen LogP) is 2.38. The minimum Gasteiger partial charge on any atom is -0.389 e. The van der Waals surface area contributed by atoms with Crippen LogP contribution < -0.4 is 0 Å². The predicted molar refractivity (Wildman–Crippen MR) is 73.5 cm³/mol. The van der Waals surface area contributed by atoms with E-state index in [1.54, 1.807) is 16.8 Å².